The van der Waals surface area contributed by atoms with E-state index in [1.165, 1.54) is 12.0 Å². The van der Waals surface area contributed by atoms with Gasteiger partial charge in [0.15, 0.2) is 6.61 Å². The molecule has 1 fully saturated rings. The highest BCUT2D eigenvalue weighted by molar-refractivity contribution is 5.88. The minimum atomic E-state index is -0.572. The fraction of sp³-hybridized carbons (Fsp3) is 0.481. The van der Waals surface area contributed by atoms with Gasteiger partial charge in [0.25, 0.3) is 5.91 Å². The Hall–Kier alpha value is -2.82. The number of amides is 2. The molecular formula is C27H36N2O3. The van der Waals surface area contributed by atoms with E-state index in [4.69, 9.17) is 4.74 Å². The molecule has 1 N–H and O–H groups in total. The van der Waals surface area contributed by atoms with E-state index in [1.54, 1.807) is 11.8 Å². The highest BCUT2D eigenvalue weighted by Crippen LogP contribution is 2.19. The zero-order valence-corrected chi connectivity index (χ0v) is 19.6. The molecule has 1 atom stereocenters. The van der Waals surface area contributed by atoms with Crippen LogP contribution in [0.2, 0.25) is 0 Å². The van der Waals surface area contributed by atoms with Crippen LogP contribution in [0.3, 0.4) is 0 Å². The topological polar surface area (TPSA) is 58.6 Å². The van der Waals surface area contributed by atoms with Crippen molar-refractivity contribution in [2.24, 2.45) is 0 Å². The molecule has 5 heteroatoms. The van der Waals surface area contributed by atoms with Gasteiger partial charge in [-0.2, -0.15) is 0 Å². The van der Waals surface area contributed by atoms with Gasteiger partial charge in [-0.25, -0.2) is 0 Å². The highest BCUT2D eigenvalue weighted by atomic mass is 16.5. The number of benzene rings is 2. The number of carbonyl (C=O) groups excluding carboxylic acids is 2. The molecule has 0 heterocycles. The first-order valence-corrected chi connectivity index (χ1v) is 11.8. The van der Waals surface area contributed by atoms with E-state index >= 15 is 0 Å². The summed E-state index contributed by atoms with van der Waals surface area (Å²) in [4.78, 5) is 27.8. The number of rotatable bonds is 9. The molecule has 0 bridgehead atoms. The van der Waals surface area contributed by atoms with Gasteiger partial charge in [0.05, 0.1) is 0 Å². The molecule has 0 aliphatic heterocycles. The Morgan fingerprint density at radius 2 is 1.62 bits per heavy atom. The minimum absolute atomic E-state index is 0.0929. The molecule has 1 saturated carbocycles. The molecule has 0 radical (unpaired) electrons. The maximum absolute atomic E-state index is 13.2. The van der Waals surface area contributed by atoms with Crippen molar-refractivity contribution in [2.75, 3.05) is 6.61 Å². The normalized spacial score (nSPS) is 15.1. The van der Waals surface area contributed by atoms with E-state index in [-0.39, 0.29) is 24.5 Å². The first kappa shape index (κ1) is 23.8. The van der Waals surface area contributed by atoms with E-state index in [2.05, 4.69) is 12.2 Å². The van der Waals surface area contributed by atoms with E-state index in [0.29, 0.717) is 12.3 Å². The van der Waals surface area contributed by atoms with Crippen molar-refractivity contribution in [2.45, 2.75) is 77.9 Å². The van der Waals surface area contributed by atoms with Gasteiger partial charge in [0, 0.05) is 12.6 Å². The summed E-state index contributed by atoms with van der Waals surface area (Å²) in [6.45, 7) is 6.21. The average molecular weight is 437 g/mol. The van der Waals surface area contributed by atoms with Crippen LogP contribution in [0.15, 0.2) is 48.5 Å². The second-order valence-corrected chi connectivity index (χ2v) is 8.81. The molecule has 172 valence electrons. The number of hydrogen-bond acceptors (Lipinski definition) is 3. The standard InChI is InChI=1S/C27H36N2O3/c1-4-22-14-16-25(17-15-22)32-19-26(30)29(18-23-12-10-20(2)11-13-23)21(3)27(31)28-24-8-6-5-7-9-24/h10-17,21,24H,4-9,18-19H2,1-3H3,(H,28,31)/t21-/m1/s1. The smallest absolute Gasteiger partial charge is 0.261 e. The van der Waals surface area contributed by atoms with Gasteiger partial charge in [-0.1, -0.05) is 68.1 Å². The lowest BCUT2D eigenvalue weighted by molar-refractivity contribution is -0.142. The molecule has 1 aliphatic rings. The van der Waals surface area contributed by atoms with Crippen LogP contribution in [0.1, 0.15) is 62.6 Å². The van der Waals surface area contributed by atoms with Crippen LogP contribution < -0.4 is 10.1 Å². The third kappa shape index (κ3) is 6.84. The number of nitrogens with one attached hydrogen (secondary N) is 1. The molecule has 0 spiro atoms. The first-order chi connectivity index (χ1) is 15.5. The van der Waals surface area contributed by atoms with E-state index in [0.717, 1.165) is 43.2 Å². The van der Waals surface area contributed by atoms with Crippen LogP contribution in [0.5, 0.6) is 5.75 Å². The molecule has 2 amide bonds. The van der Waals surface area contributed by atoms with Crippen molar-refractivity contribution >= 4 is 11.8 Å². The summed E-state index contributed by atoms with van der Waals surface area (Å²) in [5.74, 6) is 0.367. The summed E-state index contributed by atoms with van der Waals surface area (Å²) >= 11 is 0. The Labute approximate surface area is 192 Å². The molecule has 0 aromatic heterocycles. The molecule has 0 unspecified atom stereocenters. The number of hydrogen-bond donors (Lipinski definition) is 1. The quantitative estimate of drug-likeness (QED) is 0.614. The lowest BCUT2D eigenvalue weighted by Gasteiger charge is -2.31. The summed E-state index contributed by atoms with van der Waals surface area (Å²) in [6.07, 6.45) is 6.52. The van der Waals surface area contributed by atoms with Gasteiger partial charge >= 0.3 is 0 Å². The van der Waals surface area contributed by atoms with Crippen LogP contribution >= 0.6 is 0 Å². The fourth-order valence-electron chi connectivity index (χ4n) is 4.09. The first-order valence-electron chi connectivity index (χ1n) is 11.8. The molecule has 2 aromatic rings. The molecule has 1 aliphatic carbocycles. The van der Waals surface area contributed by atoms with Gasteiger partial charge in [-0.3, -0.25) is 9.59 Å². The molecule has 2 aromatic carbocycles. The number of aryl methyl sites for hydroxylation is 2. The molecular weight excluding hydrogens is 400 g/mol. The minimum Gasteiger partial charge on any atom is -0.484 e. The van der Waals surface area contributed by atoms with Crippen molar-refractivity contribution in [1.29, 1.82) is 0 Å². The summed E-state index contributed by atoms with van der Waals surface area (Å²) in [5, 5.41) is 3.16. The SMILES string of the molecule is CCc1ccc(OCC(=O)N(Cc2ccc(C)cc2)[C@H](C)C(=O)NC2CCCCC2)cc1. The second kappa shape index (κ2) is 11.7. The zero-order chi connectivity index (χ0) is 22.9. The monoisotopic (exact) mass is 436 g/mol. The number of ether oxygens (including phenoxy) is 1. The lowest BCUT2D eigenvalue weighted by atomic mass is 9.95. The molecule has 3 rings (SSSR count). The van der Waals surface area contributed by atoms with Gasteiger partial charge in [-0.05, 0) is 56.4 Å². The fourth-order valence-corrected chi connectivity index (χ4v) is 4.09. The van der Waals surface area contributed by atoms with Crippen molar-refractivity contribution in [3.63, 3.8) is 0 Å². The van der Waals surface area contributed by atoms with Gasteiger partial charge in [0.1, 0.15) is 11.8 Å². The van der Waals surface area contributed by atoms with Crippen molar-refractivity contribution in [3.05, 3.63) is 65.2 Å². The maximum atomic E-state index is 13.2. The second-order valence-electron chi connectivity index (χ2n) is 8.81. The van der Waals surface area contributed by atoms with Crippen LogP contribution in [-0.4, -0.2) is 35.4 Å². The summed E-state index contributed by atoms with van der Waals surface area (Å²) < 4.78 is 5.76. The van der Waals surface area contributed by atoms with E-state index in [1.807, 2.05) is 55.5 Å². The Morgan fingerprint density at radius 3 is 2.25 bits per heavy atom. The lowest BCUT2D eigenvalue weighted by Crippen LogP contribution is -2.51. The van der Waals surface area contributed by atoms with Crippen molar-refractivity contribution in [3.8, 4) is 5.75 Å². The predicted octanol–water partition coefficient (Wildman–Crippen LogP) is 4.80. The van der Waals surface area contributed by atoms with Crippen LogP contribution in [-0.2, 0) is 22.6 Å². The molecule has 32 heavy (non-hydrogen) atoms. The Bertz CT molecular complexity index is 871. The molecule has 0 saturated heterocycles. The van der Waals surface area contributed by atoms with E-state index in [9.17, 15) is 9.59 Å². The predicted molar refractivity (Wildman–Crippen MR) is 128 cm³/mol. The average Bonchev–Trinajstić information content (AvgIpc) is 2.82. The van der Waals surface area contributed by atoms with Crippen LogP contribution in [0, 0.1) is 6.92 Å². The van der Waals surface area contributed by atoms with Gasteiger partial charge in [-0.15, -0.1) is 0 Å². The summed E-state index contributed by atoms with van der Waals surface area (Å²) in [5.41, 5.74) is 3.37. The van der Waals surface area contributed by atoms with Crippen molar-refractivity contribution < 1.29 is 14.3 Å². The third-order valence-corrected chi connectivity index (χ3v) is 6.29. The third-order valence-electron chi connectivity index (χ3n) is 6.29. The maximum Gasteiger partial charge on any atom is 0.261 e. The van der Waals surface area contributed by atoms with Crippen molar-refractivity contribution in [1.82, 2.24) is 10.2 Å². The van der Waals surface area contributed by atoms with Crippen LogP contribution in [0.25, 0.3) is 0 Å². The van der Waals surface area contributed by atoms with Crippen LogP contribution in [0.4, 0.5) is 0 Å². The van der Waals surface area contributed by atoms with Gasteiger partial charge < -0.3 is 15.0 Å². The Kier molecular flexibility index (Phi) is 8.72. The summed E-state index contributed by atoms with van der Waals surface area (Å²) in [6, 6.07) is 15.5. The molecule has 5 nitrogen and oxygen atoms in total. The Morgan fingerprint density at radius 1 is 1.00 bits per heavy atom. The van der Waals surface area contributed by atoms with Gasteiger partial charge in [0.2, 0.25) is 5.91 Å². The highest BCUT2D eigenvalue weighted by Gasteiger charge is 2.28. The largest absolute Gasteiger partial charge is 0.484 e. The number of carbonyl (C=O) groups is 2. The number of nitrogens with zero attached hydrogens (tertiary/aromatic N) is 1. The Balaban J connectivity index is 1.68. The zero-order valence-electron chi connectivity index (χ0n) is 19.6. The van der Waals surface area contributed by atoms with E-state index < -0.39 is 6.04 Å². The summed E-state index contributed by atoms with van der Waals surface area (Å²) in [7, 11) is 0.